The van der Waals surface area contributed by atoms with Gasteiger partial charge < -0.3 is 13.6 Å². The van der Waals surface area contributed by atoms with Crippen LogP contribution in [0.5, 0.6) is 0 Å². The number of ether oxygens (including phenoxy) is 1. The van der Waals surface area contributed by atoms with Crippen molar-refractivity contribution in [2.24, 2.45) is 0 Å². The van der Waals surface area contributed by atoms with Gasteiger partial charge in [-0.2, -0.15) is 0 Å². The maximum Gasteiger partial charge on any atom is 0.309 e. The van der Waals surface area contributed by atoms with Crippen LogP contribution in [0.2, 0.25) is 36.3 Å². The van der Waals surface area contributed by atoms with E-state index in [1.54, 1.807) is 0 Å². The van der Waals surface area contributed by atoms with Gasteiger partial charge in [0.15, 0.2) is 22.2 Å². The topological polar surface area (TPSA) is 44.8 Å². The minimum Gasteiger partial charge on any atom is -0.454 e. The molecule has 2 atom stereocenters. The highest BCUT2D eigenvalue weighted by molar-refractivity contribution is 6.74. The summed E-state index contributed by atoms with van der Waals surface area (Å²) in [5, 5.41) is 0.221. The van der Waals surface area contributed by atoms with Crippen molar-refractivity contribution < 1.29 is 18.4 Å². The summed E-state index contributed by atoms with van der Waals surface area (Å²) in [6, 6.07) is 0. The van der Waals surface area contributed by atoms with Crippen LogP contribution in [-0.2, 0) is 18.4 Å². The molecule has 0 spiro atoms. The second-order valence-electron chi connectivity index (χ2n) is 10.5. The number of hydrogen-bond donors (Lipinski definition) is 0. The van der Waals surface area contributed by atoms with Gasteiger partial charge in [0.25, 0.3) is 0 Å². The predicted octanol–water partition coefficient (Wildman–Crippen LogP) is 5.49. The van der Waals surface area contributed by atoms with Crippen molar-refractivity contribution in [1.82, 2.24) is 0 Å². The van der Waals surface area contributed by atoms with E-state index in [0.29, 0.717) is 19.4 Å². The number of esters is 1. The molecule has 1 aliphatic heterocycles. The molecule has 1 rings (SSSR count). The summed E-state index contributed by atoms with van der Waals surface area (Å²) in [7, 11) is -3.91. The van der Waals surface area contributed by atoms with Gasteiger partial charge in [-0.1, -0.05) is 48.5 Å². The quantitative estimate of drug-likeness (QED) is 0.445. The highest BCUT2D eigenvalue weighted by Crippen LogP contribution is 2.44. The fourth-order valence-corrected chi connectivity index (χ4v) is 4.80. The first kappa shape index (κ1) is 22.9. The van der Waals surface area contributed by atoms with E-state index in [9.17, 15) is 4.79 Å². The lowest BCUT2D eigenvalue weighted by Gasteiger charge is -2.44. The van der Waals surface area contributed by atoms with E-state index in [2.05, 4.69) is 74.7 Å². The standard InChI is InChI=1S/C19H40O4Si2/c1-12-19(14-21-24(8,9)17(2,3)4)15(13-16(20)22-19)23-25(10,11)18(5,6)7/h15H,12-14H2,1-11H3/t15-,19-/m1/s1. The Balaban J connectivity index is 3.03. The van der Waals surface area contributed by atoms with Crippen molar-refractivity contribution in [3.63, 3.8) is 0 Å². The third-order valence-electron chi connectivity index (χ3n) is 6.58. The number of carbonyl (C=O) groups excluding carboxylic acids is 1. The molecule has 0 aromatic carbocycles. The molecule has 0 unspecified atom stereocenters. The van der Waals surface area contributed by atoms with Crippen LogP contribution in [0.1, 0.15) is 61.3 Å². The first-order valence-corrected chi connectivity index (χ1v) is 15.3. The summed E-state index contributed by atoms with van der Waals surface area (Å²) >= 11 is 0. The number of carbonyl (C=O) groups is 1. The zero-order chi connectivity index (χ0) is 19.9. The highest BCUT2D eigenvalue weighted by atomic mass is 28.4. The van der Waals surface area contributed by atoms with Crippen LogP contribution in [0.25, 0.3) is 0 Å². The molecule has 1 aliphatic rings. The molecule has 0 bridgehead atoms. The number of hydrogen-bond acceptors (Lipinski definition) is 4. The Hall–Kier alpha value is -0.176. The molecule has 6 heteroatoms. The van der Waals surface area contributed by atoms with Crippen molar-refractivity contribution in [3.8, 4) is 0 Å². The Morgan fingerprint density at radius 3 is 1.92 bits per heavy atom. The molecule has 4 nitrogen and oxygen atoms in total. The van der Waals surface area contributed by atoms with Crippen molar-refractivity contribution >= 4 is 22.6 Å². The van der Waals surface area contributed by atoms with Gasteiger partial charge in [-0.25, -0.2) is 0 Å². The summed E-state index contributed by atoms with van der Waals surface area (Å²) in [6.07, 6.45) is 0.837. The van der Waals surface area contributed by atoms with Gasteiger partial charge in [0.1, 0.15) is 0 Å². The normalized spacial score (nSPS) is 26.0. The van der Waals surface area contributed by atoms with Gasteiger partial charge in [0.2, 0.25) is 0 Å². The van der Waals surface area contributed by atoms with E-state index in [4.69, 9.17) is 13.6 Å². The van der Waals surface area contributed by atoms with Gasteiger partial charge >= 0.3 is 5.97 Å². The maximum atomic E-state index is 12.2. The molecule has 1 saturated heterocycles. The minimum absolute atomic E-state index is 0.0956. The molecule has 0 N–H and O–H groups in total. The Bertz CT molecular complexity index is 489. The van der Waals surface area contributed by atoms with Gasteiger partial charge in [-0.3, -0.25) is 4.79 Å². The molecule has 0 saturated carbocycles. The SMILES string of the molecule is CC[C@]1(CO[Si](C)(C)C(C)(C)C)OC(=O)C[C@H]1O[Si](C)(C)C(C)(C)C. The monoisotopic (exact) mass is 388 g/mol. The average molecular weight is 389 g/mol. The van der Waals surface area contributed by atoms with Gasteiger partial charge in [0.05, 0.1) is 19.1 Å². The Morgan fingerprint density at radius 2 is 1.52 bits per heavy atom. The summed E-state index contributed by atoms with van der Waals surface area (Å²) in [6.45, 7) is 24.8. The van der Waals surface area contributed by atoms with Crippen molar-refractivity contribution in [2.75, 3.05) is 6.61 Å². The second kappa shape index (κ2) is 7.09. The largest absolute Gasteiger partial charge is 0.454 e. The average Bonchev–Trinajstić information content (AvgIpc) is 2.70. The Labute approximate surface area is 157 Å². The van der Waals surface area contributed by atoms with E-state index < -0.39 is 22.2 Å². The van der Waals surface area contributed by atoms with Crippen LogP contribution in [0.15, 0.2) is 0 Å². The molecule has 0 aromatic heterocycles. The van der Waals surface area contributed by atoms with Crippen LogP contribution in [0.3, 0.4) is 0 Å². The molecule has 148 valence electrons. The zero-order valence-corrected chi connectivity index (χ0v) is 20.3. The molecule has 0 radical (unpaired) electrons. The van der Waals surface area contributed by atoms with Gasteiger partial charge in [0, 0.05) is 0 Å². The zero-order valence-electron chi connectivity index (χ0n) is 18.3. The van der Waals surface area contributed by atoms with Gasteiger partial charge in [-0.05, 0) is 42.7 Å². The van der Waals surface area contributed by atoms with E-state index in [1.165, 1.54) is 0 Å². The third kappa shape index (κ3) is 4.96. The van der Waals surface area contributed by atoms with Crippen LogP contribution < -0.4 is 0 Å². The van der Waals surface area contributed by atoms with E-state index in [-0.39, 0.29) is 22.1 Å². The van der Waals surface area contributed by atoms with E-state index in [0.717, 1.165) is 0 Å². The molecule has 0 aliphatic carbocycles. The lowest BCUT2D eigenvalue weighted by atomic mass is 9.95. The highest BCUT2D eigenvalue weighted by Gasteiger charge is 2.54. The molecule has 25 heavy (non-hydrogen) atoms. The lowest BCUT2D eigenvalue weighted by molar-refractivity contribution is -0.155. The van der Waals surface area contributed by atoms with Crippen LogP contribution in [0, 0.1) is 0 Å². The summed E-state index contributed by atoms with van der Waals surface area (Å²) in [5.74, 6) is -0.163. The van der Waals surface area contributed by atoms with Crippen LogP contribution >= 0.6 is 0 Å². The Kier molecular flexibility index (Phi) is 6.49. The van der Waals surface area contributed by atoms with E-state index in [1.807, 2.05) is 0 Å². The molecular formula is C19H40O4Si2. The van der Waals surface area contributed by atoms with Crippen LogP contribution in [0.4, 0.5) is 0 Å². The van der Waals surface area contributed by atoms with Crippen molar-refractivity contribution in [1.29, 1.82) is 0 Å². The minimum atomic E-state index is -1.99. The summed E-state index contributed by atoms with van der Waals surface area (Å²) < 4.78 is 18.9. The summed E-state index contributed by atoms with van der Waals surface area (Å²) in [4.78, 5) is 12.2. The fourth-order valence-electron chi connectivity index (χ4n) is 2.40. The third-order valence-corrected chi connectivity index (χ3v) is 15.5. The molecular weight excluding hydrogens is 348 g/mol. The first-order valence-electron chi connectivity index (χ1n) is 9.51. The fraction of sp³-hybridized carbons (Fsp3) is 0.947. The molecule has 0 aromatic rings. The Morgan fingerprint density at radius 1 is 1.04 bits per heavy atom. The van der Waals surface area contributed by atoms with Crippen molar-refractivity contribution in [2.45, 2.75) is 109 Å². The number of rotatable bonds is 6. The first-order chi connectivity index (χ1) is 11.0. The summed E-state index contributed by atoms with van der Waals surface area (Å²) in [5.41, 5.74) is -0.651. The molecule has 0 amide bonds. The maximum absolute atomic E-state index is 12.2. The lowest BCUT2D eigenvalue weighted by Crippen LogP contribution is -2.54. The molecule has 1 fully saturated rings. The van der Waals surface area contributed by atoms with E-state index >= 15 is 0 Å². The van der Waals surface area contributed by atoms with Gasteiger partial charge in [-0.15, -0.1) is 0 Å². The number of cyclic esters (lactones) is 1. The van der Waals surface area contributed by atoms with Crippen molar-refractivity contribution in [3.05, 3.63) is 0 Å². The van der Waals surface area contributed by atoms with Crippen LogP contribution in [-0.4, -0.2) is 40.9 Å². The molecule has 1 heterocycles. The smallest absolute Gasteiger partial charge is 0.309 e. The second-order valence-corrected chi connectivity index (χ2v) is 20.1. The predicted molar refractivity (Wildman–Crippen MR) is 109 cm³/mol.